The fourth-order valence-corrected chi connectivity index (χ4v) is 2.66. The van der Waals surface area contributed by atoms with E-state index < -0.39 is 54.5 Å². The third kappa shape index (κ3) is 10.5. The lowest BCUT2D eigenvalue weighted by molar-refractivity contribution is -0.143. The second-order valence-corrected chi connectivity index (χ2v) is 8.12. The number of aliphatic carboxylic acids is 1. The molecule has 0 spiro atoms. The van der Waals surface area contributed by atoms with Crippen LogP contribution < -0.4 is 21.7 Å². The van der Waals surface area contributed by atoms with Gasteiger partial charge in [0, 0.05) is 5.75 Å². The summed E-state index contributed by atoms with van der Waals surface area (Å²) in [5, 5.41) is 26.0. The van der Waals surface area contributed by atoms with E-state index in [-0.39, 0.29) is 30.4 Å². The number of carbonyl (C=O) groups is 4. The molecule has 0 aromatic rings. The van der Waals surface area contributed by atoms with Crippen molar-refractivity contribution in [1.29, 1.82) is 0 Å². The third-order valence-corrected chi connectivity index (χ3v) is 4.40. The molecule has 0 aliphatic heterocycles. The highest BCUT2D eigenvalue weighted by molar-refractivity contribution is 7.80. The van der Waals surface area contributed by atoms with Gasteiger partial charge >= 0.3 is 5.97 Å². The summed E-state index contributed by atoms with van der Waals surface area (Å²) in [5.74, 6) is -3.12. The molecular formula is C18H34N4O6S. The smallest absolute Gasteiger partial charge is 0.326 e. The van der Waals surface area contributed by atoms with Crippen molar-refractivity contribution in [2.75, 3.05) is 12.4 Å². The monoisotopic (exact) mass is 434 g/mol. The van der Waals surface area contributed by atoms with Crippen LogP contribution in [0.4, 0.5) is 0 Å². The summed E-state index contributed by atoms with van der Waals surface area (Å²) in [4.78, 5) is 48.3. The van der Waals surface area contributed by atoms with Gasteiger partial charge < -0.3 is 31.9 Å². The molecule has 0 aliphatic carbocycles. The number of thiol groups is 1. The maximum absolute atomic E-state index is 12.6. The lowest BCUT2D eigenvalue weighted by Gasteiger charge is -2.25. The highest BCUT2D eigenvalue weighted by Crippen LogP contribution is 2.07. The average Bonchev–Trinajstić information content (AvgIpc) is 2.62. The number of hydrogen-bond donors (Lipinski definition) is 7. The molecule has 4 unspecified atom stereocenters. The fourth-order valence-electron chi connectivity index (χ4n) is 2.50. The number of nitrogens with two attached hydrogens (primary N) is 1. The molecule has 0 radical (unpaired) electrons. The summed E-state index contributed by atoms with van der Waals surface area (Å²) < 4.78 is 0. The Labute approximate surface area is 176 Å². The van der Waals surface area contributed by atoms with Crippen LogP contribution in [0.25, 0.3) is 0 Å². The molecule has 0 heterocycles. The van der Waals surface area contributed by atoms with Gasteiger partial charge in [0.25, 0.3) is 0 Å². The van der Waals surface area contributed by atoms with Gasteiger partial charge in [0.2, 0.25) is 17.7 Å². The Morgan fingerprint density at radius 1 is 0.828 bits per heavy atom. The van der Waals surface area contributed by atoms with E-state index in [1.54, 1.807) is 0 Å². The van der Waals surface area contributed by atoms with E-state index in [2.05, 4.69) is 28.6 Å². The van der Waals surface area contributed by atoms with Crippen LogP contribution in [-0.2, 0) is 19.2 Å². The van der Waals surface area contributed by atoms with Crippen LogP contribution in [0.3, 0.4) is 0 Å². The van der Waals surface area contributed by atoms with Crippen LogP contribution in [0.5, 0.6) is 0 Å². The zero-order chi connectivity index (χ0) is 22.7. The zero-order valence-electron chi connectivity index (χ0n) is 17.3. The van der Waals surface area contributed by atoms with Crippen LogP contribution in [0.2, 0.25) is 0 Å². The van der Waals surface area contributed by atoms with E-state index in [4.69, 9.17) is 5.73 Å². The number of carbonyl (C=O) groups excluding carboxylic acids is 3. The van der Waals surface area contributed by atoms with Crippen molar-refractivity contribution < 1.29 is 29.4 Å². The Hall–Kier alpha value is -1.85. The summed E-state index contributed by atoms with van der Waals surface area (Å²) in [6, 6.07) is -4.37. The Bertz CT molecular complexity index is 573. The highest BCUT2D eigenvalue weighted by Gasteiger charge is 2.30. The van der Waals surface area contributed by atoms with Gasteiger partial charge in [0.05, 0.1) is 12.6 Å². The molecule has 168 valence electrons. The molecule has 0 saturated carbocycles. The Balaban J connectivity index is 5.18. The van der Waals surface area contributed by atoms with Crippen molar-refractivity contribution in [3.63, 3.8) is 0 Å². The molecule has 0 aromatic heterocycles. The zero-order valence-corrected chi connectivity index (χ0v) is 18.2. The molecule has 0 saturated heterocycles. The molecule has 11 heteroatoms. The molecular weight excluding hydrogens is 400 g/mol. The number of hydrogen-bond acceptors (Lipinski definition) is 7. The normalized spacial score (nSPS) is 15.3. The Morgan fingerprint density at radius 2 is 1.24 bits per heavy atom. The van der Waals surface area contributed by atoms with Crippen LogP contribution in [-0.4, -0.2) is 70.4 Å². The van der Waals surface area contributed by atoms with Crippen LogP contribution in [0.15, 0.2) is 0 Å². The standard InChI is InChI=1S/C18H34N4O6S/c1-9(2)5-12(20-15(24)11(19)8-29)16(25)22-14(7-23)17(26)21-13(18(27)28)6-10(3)4/h9-14,23,29H,5-8,19H2,1-4H3,(H,20,24)(H,21,26)(H,22,25)(H,27,28). The second kappa shape index (κ2) is 13.4. The van der Waals surface area contributed by atoms with Gasteiger partial charge in [-0.1, -0.05) is 27.7 Å². The molecule has 7 N–H and O–H groups in total. The third-order valence-electron chi connectivity index (χ3n) is 4.01. The lowest BCUT2D eigenvalue weighted by atomic mass is 10.0. The summed E-state index contributed by atoms with van der Waals surface area (Å²) in [6.45, 7) is 6.59. The first kappa shape index (κ1) is 27.1. The van der Waals surface area contributed by atoms with Crippen LogP contribution in [0, 0.1) is 11.8 Å². The number of amides is 3. The largest absolute Gasteiger partial charge is 0.480 e. The number of aliphatic hydroxyl groups excluding tert-OH is 1. The van der Waals surface area contributed by atoms with Gasteiger partial charge in [-0.15, -0.1) is 0 Å². The predicted molar refractivity (Wildman–Crippen MR) is 111 cm³/mol. The molecule has 0 aromatic carbocycles. The van der Waals surface area contributed by atoms with Crippen LogP contribution >= 0.6 is 12.6 Å². The maximum Gasteiger partial charge on any atom is 0.326 e. The first-order valence-corrected chi connectivity index (χ1v) is 10.2. The molecule has 0 aliphatic rings. The van der Waals surface area contributed by atoms with Gasteiger partial charge in [-0.2, -0.15) is 12.6 Å². The molecule has 0 fully saturated rings. The number of carboxylic acid groups (broad SMARTS) is 1. The first-order chi connectivity index (χ1) is 13.4. The molecule has 0 bridgehead atoms. The first-order valence-electron chi connectivity index (χ1n) is 9.54. The van der Waals surface area contributed by atoms with Crippen molar-refractivity contribution in [2.45, 2.75) is 64.7 Å². The molecule has 3 amide bonds. The minimum atomic E-state index is -1.36. The van der Waals surface area contributed by atoms with Crippen molar-refractivity contribution >= 4 is 36.3 Å². The van der Waals surface area contributed by atoms with E-state index in [0.717, 1.165) is 0 Å². The average molecular weight is 435 g/mol. The van der Waals surface area contributed by atoms with Crippen molar-refractivity contribution in [1.82, 2.24) is 16.0 Å². The van der Waals surface area contributed by atoms with E-state index in [1.165, 1.54) is 0 Å². The maximum atomic E-state index is 12.6. The minimum absolute atomic E-state index is 0.0141. The number of carboxylic acids is 1. The summed E-state index contributed by atoms with van der Waals surface area (Å²) in [7, 11) is 0. The quantitative estimate of drug-likeness (QED) is 0.180. The Morgan fingerprint density at radius 3 is 1.66 bits per heavy atom. The summed E-state index contributed by atoms with van der Waals surface area (Å²) >= 11 is 3.95. The molecule has 10 nitrogen and oxygen atoms in total. The van der Waals surface area contributed by atoms with Gasteiger partial charge in [-0.05, 0) is 24.7 Å². The highest BCUT2D eigenvalue weighted by atomic mass is 32.1. The number of nitrogens with one attached hydrogen (secondary N) is 3. The van der Waals surface area contributed by atoms with Gasteiger partial charge in [0.1, 0.15) is 18.1 Å². The van der Waals surface area contributed by atoms with Crippen molar-refractivity contribution in [3.05, 3.63) is 0 Å². The van der Waals surface area contributed by atoms with Crippen molar-refractivity contribution in [3.8, 4) is 0 Å². The van der Waals surface area contributed by atoms with Crippen molar-refractivity contribution in [2.24, 2.45) is 17.6 Å². The SMILES string of the molecule is CC(C)CC(NC(=O)C(CO)NC(=O)C(CC(C)C)NC(=O)C(N)CS)C(=O)O. The molecule has 29 heavy (non-hydrogen) atoms. The summed E-state index contributed by atoms with van der Waals surface area (Å²) in [5.41, 5.74) is 5.61. The van der Waals surface area contributed by atoms with E-state index >= 15 is 0 Å². The molecule has 0 rings (SSSR count). The molecule has 4 atom stereocenters. The topological polar surface area (TPSA) is 171 Å². The number of rotatable bonds is 13. The number of aliphatic hydroxyl groups is 1. The Kier molecular flexibility index (Phi) is 12.5. The lowest BCUT2D eigenvalue weighted by Crippen LogP contribution is -2.58. The van der Waals surface area contributed by atoms with E-state index in [0.29, 0.717) is 0 Å². The van der Waals surface area contributed by atoms with E-state index in [9.17, 15) is 29.4 Å². The summed E-state index contributed by atoms with van der Waals surface area (Å²) in [6.07, 6.45) is 0.475. The minimum Gasteiger partial charge on any atom is -0.480 e. The van der Waals surface area contributed by atoms with E-state index in [1.807, 2.05) is 27.7 Å². The fraction of sp³-hybridized carbons (Fsp3) is 0.778. The van der Waals surface area contributed by atoms with Gasteiger partial charge in [0.15, 0.2) is 0 Å². The van der Waals surface area contributed by atoms with Gasteiger partial charge in [-0.25, -0.2) is 4.79 Å². The predicted octanol–water partition coefficient (Wildman–Crippen LogP) is -1.13. The van der Waals surface area contributed by atoms with Gasteiger partial charge in [-0.3, -0.25) is 14.4 Å². The van der Waals surface area contributed by atoms with Crippen LogP contribution in [0.1, 0.15) is 40.5 Å². The second-order valence-electron chi connectivity index (χ2n) is 7.75.